The van der Waals surface area contributed by atoms with Crippen LogP contribution in [0.25, 0.3) is 22.2 Å². The number of benzene rings is 3. The molecule has 0 N–H and O–H groups in total. The third kappa shape index (κ3) is 4.20. The van der Waals surface area contributed by atoms with Crippen LogP contribution in [0.5, 0.6) is 0 Å². The van der Waals surface area contributed by atoms with Crippen LogP contribution in [0, 0.1) is 0 Å². The molecule has 0 bridgehead atoms. The molecule has 0 unspecified atom stereocenters. The summed E-state index contributed by atoms with van der Waals surface area (Å²) >= 11 is 0. The molecule has 4 aromatic rings. The second-order valence-corrected chi connectivity index (χ2v) is 10.2. The Labute approximate surface area is 197 Å². The summed E-state index contributed by atoms with van der Waals surface area (Å²) in [5, 5.41) is 5.79. The summed E-state index contributed by atoms with van der Waals surface area (Å²) in [6.07, 6.45) is 1.09. The number of hydrogen-bond acceptors (Lipinski definition) is 6. The third-order valence-corrected chi connectivity index (χ3v) is 7.97. The maximum absolute atomic E-state index is 13.4. The van der Waals surface area contributed by atoms with Crippen LogP contribution in [0.3, 0.4) is 0 Å². The van der Waals surface area contributed by atoms with Crippen LogP contribution in [0.4, 0.5) is 0 Å². The van der Waals surface area contributed by atoms with Gasteiger partial charge in [0.05, 0.1) is 11.4 Å². The summed E-state index contributed by atoms with van der Waals surface area (Å²) in [4.78, 5) is 19.3. The molecule has 1 aliphatic rings. The number of hydrogen-bond donors (Lipinski definition) is 0. The smallest absolute Gasteiger partial charge is 0.246 e. The second kappa shape index (κ2) is 9.00. The van der Waals surface area contributed by atoms with E-state index in [2.05, 4.69) is 10.1 Å². The van der Waals surface area contributed by atoms with E-state index in [1.807, 2.05) is 54.6 Å². The van der Waals surface area contributed by atoms with Gasteiger partial charge in [-0.1, -0.05) is 65.8 Å². The highest BCUT2D eigenvalue weighted by Crippen LogP contribution is 2.29. The lowest BCUT2D eigenvalue weighted by Crippen LogP contribution is -2.46. The summed E-state index contributed by atoms with van der Waals surface area (Å²) in [7, 11) is -2.21. The molecule has 0 saturated carbocycles. The predicted octanol–water partition coefficient (Wildman–Crippen LogP) is 3.70. The molecule has 2 heterocycles. The Morgan fingerprint density at radius 3 is 2.59 bits per heavy atom. The van der Waals surface area contributed by atoms with Gasteiger partial charge in [-0.05, 0) is 35.7 Å². The van der Waals surface area contributed by atoms with E-state index in [0.29, 0.717) is 25.2 Å². The fourth-order valence-corrected chi connectivity index (χ4v) is 5.98. The van der Waals surface area contributed by atoms with E-state index in [4.69, 9.17) is 4.52 Å². The van der Waals surface area contributed by atoms with E-state index in [9.17, 15) is 13.2 Å². The zero-order chi connectivity index (χ0) is 23.7. The van der Waals surface area contributed by atoms with Crippen LogP contribution in [-0.2, 0) is 21.4 Å². The highest BCUT2D eigenvalue weighted by atomic mass is 32.2. The Morgan fingerprint density at radius 2 is 1.79 bits per heavy atom. The SMILES string of the molecule is CN(Cc1nc(-c2ccccc2)no1)C(=O)[C@@H]1CCCN1S(=O)(=O)c1ccc2ccccc2c1. The van der Waals surface area contributed by atoms with Crippen molar-refractivity contribution in [3.8, 4) is 11.4 Å². The van der Waals surface area contributed by atoms with Crippen LogP contribution in [0.1, 0.15) is 18.7 Å². The minimum absolute atomic E-state index is 0.0963. The molecule has 1 aromatic heterocycles. The first-order chi connectivity index (χ1) is 16.4. The van der Waals surface area contributed by atoms with Gasteiger partial charge < -0.3 is 9.42 Å². The lowest BCUT2D eigenvalue weighted by molar-refractivity contribution is -0.134. The molecule has 9 heteroatoms. The Bertz CT molecular complexity index is 1440. The molecular formula is C25H24N4O4S. The summed E-state index contributed by atoms with van der Waals surface area (Å²) in [5.74, 6) is 0.441. The van der Waals surface area contributed by atoms with Gasteiger partial charge in [0, 0.05) is 19.2 Å². The monoisotopic (exact) mass is 476 g/mol. The highest BCUT2D eigenvalue weighted by Gasteiger charge is 2.40. The lowest BCUT2D eigenvalue weighted by Gasteiger charge is -2.27. The minimum atomic E-state index is -3.83. The normalized spacial score (nSPS) is 16.7. The first-order valence-electron chi connectivity index (χ1n) is 11.1. The molecule has 1 aliphatic heterocycles. The summed E-state index contributed by atoms with van der Waals surface area (Å²) < 4.78 is 33.5. The second-order valence-electron chi connectivity index (χ2n) is 8.35. The van der Waals surface area contributed by atoms with Crippen molar-refractivity contribution in [1.29, 1.82) is 0 Å². The van der Waals surface area contributed by atoms with Crippen molar-refractivity contribution in [2.75, 3.05) is 13.6 Å². The molecule has 0 spiro atoms. The average Bonchev–Trinajstić information content (AvgIpc) is 3.54. The lowest BCUT2D eigenvalue weighted by atomic mass is 10.1. The average molecular weight is 477 g/mol. The molecule has 1 amide bonds. The molecule has 0 aliphatic carbocycles. The van der Waals surface area contributed by atoms with E-state index in [-0.39, 0.29) is 23.2 Å². The van der Waals surface area contributed by atoms with Gasteiger partial charge in [-0.3, -0.25) is 4.79 Å². The number of fused-ring (bicyclic) bond motifs is 1. The van der Waals surface area contributed by atoms with Gasteiger partial charge in [0.15, 0.2) is 0 Å². The summed E-state index contributed by atoms with van der Waals surface area (Å²) in [6.45, 7) is 0.400. The van der Waals surface area contributed by atoms with Gasteiger partial charge in [-0.25, -0.2) is 8.42 Å². The zero-order valence-corrected chi connectivity index (χ0v) is 19.5. The molecule has 1 fully saturated rings. The molecule has 1 atom stereocenters. The first kappa shape index (κ1) is 22.2. The number of sulfonamides is 1. The topological polar surface area (TPSA) is 96.6 Å². The third-order valence-electron chi connectivity index (χ3n) is 6.06. The summed E-state index contributed by atoms with van der Waals surface area (Å²) in [5.41, 5.74) is 0.815. The van der Waals surface area contributed by atoms with Gasteiger partial charge >= 0.3 is 0 Å². The van der Waals surface area contributed by atoms with Crippen LogP contribution >= 0.6 is 0 Å². The number of rotatable bonds is 6. The minimum Gasteiger partial charge on any atom is -0.337 e. The molecule has 8 nitrogen and oxygen atoms in total. The van der Waals surface area contributed by atoms with E-state index >= 15 is 0 Å². The van der Waals surface area contributed by atoms with Crippen molar-refractivity contribution in [3.05, 3.63) is 78.7 Å². The fourth-order valence-electron chi connectivity index (χ4n) is 4.30. The molecule has 0 radical (unpaired) electrons. The van der Waals surface area contributed by atoms with Crippen molar-refractivity contribution in [3.63, 3.8) is 0 Å². The number of carbonyl (C=O) groups excluding carboxylic acids is 1. The Hall–Kier alpha value is -3.56. The van der Waals surface area contributed by atoms with E-state index < -0.39 is 16.1 Å². The molecular weight excluding hydrogens is 452 g/mol. The number of aromatic nitrogens is 2. The van der Waals surface area contributed by atoms with E-state index in [0.717, 1.165) is 16.3 Å². The quantitative estimate of drug-likeness (QED) is 0.421. The number of likely N-dealkylation sites (N-methyl/N-ethyl adjacent to an activating group) is 1. The van der Waals surface area contributed by atoms with Crippen molar-refractivity contribution >= 4 is 26.7 Å². The van der Waals surface area contributed by atoms with Gasteiger partial charge in [-0.15, -0.1) is 0 Å². The van der Waals surface area contributed by atoms with Crippen LogP contribution in [0.2, 0.25) is 0 Å². The molecule has 34 heavy (non-hydrogen) atoms. The predicted molar refractivity (Wildman–Crippen MR) is 127 cm³/mol. The largest absolute Gasteiger partial charge is 0.337 e. The van der Waals surface area contributed by atoms with Gasteiger partial charge in [-0.2, -0.15) is 9.29 Å². The van der Waals surface area contributed by atoms with Crippen molar-refractivity contribution < 1.29 is 17.7 Å². The molecule has 174 valence electrons. The molecule has 3 aromatic carbocycles. The highest BCUT2D eigenvalue weighted by molar-refractivity contribution is 7.89. The van der Waals surface area contributed by atoms with Crippen molar-refractivity contribution in [2.24, 2.45) is 0 Å². The first-order valence-corrected chi connectivity index (χ1v) is 12.5. The number of nitrogens with zero attached hydrogens (tertiary/aromatic N) is 4. The molecule has 1 saturated heterocycles. The van der Waals surface area contributed by atoms with Gasteiger partial charge in [0.25, 0.3) is 0 Å². The molecule has 5 rings (SSSR count). The number of amides is 1. The summed E-state index contributed by atoms with van der Waals surface area (Å²) in [6, 6.07) is 21.3. The maximum Gasteiger partial charge on any atom is 0.246 e. The Kier molecular flexibility index (Phi) is 5.89. The standard InChI is InChI=1S/C25H24N4O4S/c1-28(17-23-26-24(27-33-23)19-9-3-2-4-10-19)25(30)22-12-7-15-29(22)34(31,32)21-14-13-18-8-5-6-11-20(18)16-21/h2-6,8-11,13-14,16,22H,7,12,15,17H2,1H3/t22-/m0/s1. The Morgan fingerprint density at radius 1 is 1.06 bits per heavy atom. The fraction of sp³-hybridized carbons (Fsp3) is 0.240. The van der Waals surface area contributed by atoms with Crippen LogP contribution in [-0.4, -0.2) is 53.3 Å². The maximum atomic E-state index is 13.4. The zero-order valence-electron chi connectivity index (χ0n) is 18.7. The van der Waals surface area contributed by atoms with Crippen LogP contribution in [0.15, 0.2) is 82.2 Å². The van der Waals surface area contributed by atoms with E-state index in [1.54, 1.807) is 25.2 Å². The van der Waals surface area contributed by atoms with Gasteiger partial charge in [0.2, 0.25) is 27.6 Å². The van der Waals surface area contributed by atoms with Crippen molar-refractivity contribution in [2.45, 2.75) is 30.3 Å². The number of carbonyl (C=O) groups is 1. The van der Waals surface area contributed by atoms with Gasteiger partial charge in [0.1, 0.15) is 6.04 Å². The van der Waals surface area contributed by atoms with E-state index in [1.165, 1.54) is 9.21 Å². The van der Waals surface area contributed by atoms with Crippen molar-refractivity contribution in [1.82, 2.24) is 19.3 Å². The Balaban J connectivity index is 1.33. The van der Waals surface area contributed by atoms with Crippen LogP contribution < -0.4 is 0 Å².